The van der Waals surface area contributed by atoms with Gasteiger partial charge in [0, 0.05) is 0 Å². The first-order valence-corrected chi connectivity index (χ1v) is 14.2. The van der Waals surface area contributed by atoms with Gasteiger partial charge in [0.05, 0.1) is 0 Å². The molecule has 0 aromatic heterocycles. The van der Waals surface area contributed by atoms with Crippen molar-refractivity contribution in [1.29, 1.82) is 0 Å². The van der Waals surface area contributed by atoms with Crippen LogP contribution in [-0.2, 0) is 5.11 Å². The average molecular weight is 1130 g/mol. The summed E-state index contributed by atoms with van der Waals surface area (Å²) < 4.78 is -6.05. The first-order chi connectivity index (χ1) is 8.25. The molecule has 121 valence electrons. The van der Waals surface area contributed by atoms with Crippen LogP contribution in [-0.4, -0.2) is 13.1 Å². The van der Waals surface area contributed by atoms with E-state index < -0.39 is 18.5 Å². The Morgan fingerprint density at radius 2 is 0.650 bits per heavy atom. The van der Waals surface area contributed by atoms with Crippen LogP contribution in [0.15, 0.2) is 0 Å². The maximum atomic E-state index is 12.7. The fourth-order valence-electron chi connectivity index (χ4n) is 1.23. The van der Waals surface area contributed by atoms with E-state index in [0.29, 0.717) is 0 Å². The van der Waals surface area contributed by atoms with Gasteiger partial charge in [-0.2, -0.15) is 0 Å². The smallest absolute Gasteiger partial charge is 0.202 e. The van der Waals surface area contributed by atoms with E-state index in [-0.39, 0.29) is 0 Å². The lowest BCUT2D eigenvalue weighted by Crippen LogP contribution is -2.67. The highest BCUT2D eigenvalue weighted by atomic mass is 80.0. The van der Waals surface area contributed by atoms with Gasteiger partial charge in [-0.1, -0.05) is 175 Å². The molecule has 0 amide bonds. The van der Waals surface area contributed by atoms with Crippen LogP contribution in [0.3, 0.4) is 0 Å². The number of rotatable bonds is 2. The van der Waals surface area contributed by atoms with Crippen LogP contribution in [0.1, 0.15) is 0 Å². The Balaban J connectivity index is 6.83. The molecule has 0 atom stereocenters. The van der Waals surface area contributed by atoms with Gasteiger partial charge in [-0.05, 0) is 31.9 Å². The Morgan fingerprint density at radius 3 is 0.700 bits per heavy atom. The molecule has 14 heteroatoms. The summed E-state index contributed by atoms with van der Waals surface area (Å²) in [5, 5.41) is 12.7. The molecule has 0 saturated heterocycles. The third-order valence-corrected chi connectivity index (χ3v) is 13.1. The van der Waals surface area contributed by atoms with Gasteiger partial charge in [-0.3, -0.25) is 0 Å². The first-order valence-electron chi connectivity index (χ1n) is 3.91. The van der Waals surface area contributed by atoms with Crippen LogP contribution >= 0.6 is 207 Å². The van der Waals surface area contributed by atoms with Crippen molar-refractivity contribution in [3.05, 3.63) is 0 Å². The molecule has 0 aliphatic rings. The fourth-order valence-corrected chi connectivity index (χ4v) is 23.6. The monoisotopic (exact) mass is 1110 g/mol. The van der Waals surface area contributed by atoms with E-state index in [0.717, 1.165) is 0 Å². The summed E-state index contributed by atoms with van der Waals surface area (Å²) in [6.07, 6.45) is 0. The molecule has 0 fully saturated rings. The molecule has 0 N–H and O–H groups in total. The molecule has 0 aromatic rings. The van der Waals surface area contributed by atoms with Crippen molar-refractivity contribution in [2.24, 2.45) is 5.41 Å². The molecule has 0 saturated carbocycles. The molecule has 0 unspecified atom stereocenters. The van der Waals surface area contributed by atoms with Crippen molar-refractivity contribution < 1.29 is 5.11 Å². The molecule has 0 spiro atoms. The minimum Gasteiger partial charge on any atom is -0.202 e. The van der Waals surface area contributed by atoms with Gasteiger partial charge in [0.15, 0.2) is 0 Å². The second-order valence-corrected chi connectivity index (χ2v) is 30.4. The summed E-state index contributed by atoms with van der Waals surface area (Å²) >= 11 is 44.8. The quantitative estimate of drug-likeness (QED) is 0.246. The molecule has 1 nitrogen and oxygen atoms in total. The molecule has 20 heavy (non-hydrogen) atoms. The van der Waals surface area contributed by atoms with E-state index in [1.54, 1.807) is 0 Å². The van der Waals surface area contributed by atoms with Gasteiger partial charge in [0.1, 0.15) is 15.1 Å². The van der Waals surface area contributed by atoms with E-state index >= 15 is 0 Å². The number of hydrogen-bond donors (Lipinski definition) is 0. The van der Waals surface area contributed by atoms with Gasteiger partial charge in [0.2, 0.25) is 3.42 Å². The van der Waals surface area contributed by atoms with Crippen molar-refractivity contribution in [3.8, 4) is 0 Å². The lowest BCUT2D eigenvalue weighted by molar-refractivity contribution is 0.101. The maximum absolute atomic E-state index is 12.7. The zero-order valence-corrected chi connectivity index (χ0v) is 28.9. The SMILES string of the molecule is [O]C(Br)(Br)C(Br)(Br)C(C(Br)(Br)Br)(C(Br)(Br)Br)C(Br)(Br)Br. The predicted molar refractivity (Wildman–Crippen MR) is 133 cm³/mol. The van der Waals surface area contributed by atoms with Crippen LogP contribution in [0.4, 0.5) is 0 Å². The van der Waals surface area contributed by atoms with Crippen molar-refractivity contribution in [2.75, 3.05) is 0 Å². The molecule has 1 radical (unpaired) electrons. The predicted octanol–water partition coefficient (Wildman–Crippen LogP) is 9.85. The molecule has 0 aliphatic heterocycles. The lowest BCUT2D eigenvalue weighted by Gasteiger charge is -2.59. The zero-order valence-electron chi connectivity index (χ0n) is 8.32. The van der Waals surface area contributed by atoms with Crippen LogP contribution in [0.2, 0.25) is 0 Å². The number of halogens is 13. The summed E-state index contributed by atoms with van der Waals surface area (Å²) in [5.41, 5.74) is -1.13. The molecule has 0 heterocycles. The topological polar surface area (TPSA) is 19.9 Å². The van der Waals surface area contributed by atoms with Crippen molar-refractivity contribution in [2.45, 2.75) is 13.1 Å². The number of hydrogen-bond acceptors (Lipinski definition) is 0. The Kier molecular flexibility index (Phi) is 10.9. The Hall–Kier alpha value is 6.20. The normalized spacial score (nSPS) is 16.5. The minimum absolute atomic E-state index is 0.975. The summed E-state index contributed by atoms with van der Waals surface area (Å²) in [7, 11) is 0. The van der Waals surface area contributed by atoms with Crippen LogP contribution in [0, 0.1) is 5.41 Å². The highest BCUT2D eigenvalue weighted by Gasteiger charge is 2.80. The Morgan fingerprint density at radius 1 is 0.450 bits per heavy atom. The minimum atomic E-state index is -1.81. The van der Waals surface area contributed by atoms with Gasteiger partial charge in [-0.25, -0.2) is 5.11 Å². The van der Waals surface area contributed by atoms with Gasteiger partial charge in [0.25, 0.3) is 0 Å². The molecular weight excluding hydrogens is 1130 g/mol. The van der Waals surface area contributed by atoms with Crippen molar-refractivity contribution >= 4 is 207 Å². The summed E-state index contributed by atoms with van der Waals surface area (Å²) in [5.74, 6) is 0. The number of alkyl halides is 13. The Labute approximate surface area is 226 Å². The molecular formula is C6Br13O. The van der Waals surface area contributed by atoms with Crippen LogP contribution in [0.5, 0.6) is 0 Å². The van der Waals surface area contributed by atoms with E-state index in [1.807, 2.05) is 0 Å². The standard InChI is InChI=1S/C6Br13O/c7-2(8,6(18,19)20)1(3(9,10)11,4(12,13)14)5(15,16)17. The van der Waals surface area contributed by atoms with Crippen molar-refractivity contribution in [1.82, 2.24) is 0 Å². The largest absolute Gasteiger partial charge is 0.237 e. The summed E-state index contributed by atoms with van der Waals surface area (Å²) in [4.78, 5) is 0. The second kappa shape index (κ2) is 8.29. The van der Waals surface area contributed by atoms with E-state index in [1.165, 1.54) is 0 Å². The zero-order chi connectivity index (χ0) is 17.0. The Bertz CT molecular complexity index is 315. The van der Waals surface area contributed by atoms with Crippen LogP contribution < -0.4 is 0 Å². The molecule has 0 bridgehead atoms. The van der Waals surface area contributed by atoms with E-state index in [2.05, 4.69) is 207 Å². The lowest BCUT2D eigenvalue weighted by atomic mass is 9.91. The highest BCUT2D eigenvalue weighted by molar-refractivity contribution is 9.42. The molecule has 0 aliphatic carbocycles. The fraction of sp³-hybridized carbons (Fsp3) is 1.00. The third-order valence-electron chi connectivity index (χ3n) is 2.11. The van der Waals surface area contributed by atoms with E-state index in [9.17, 15) is 5.11 Å². The van der Waals surface area contributed by atoms with Crippen LogP contribution in [0.25, 0.3) is 0 Å². The van der Waals surface area contributed by atoms with Gasteiger partial charge < -0.3 is 0 Å². The summed E-state index contributed by atoms with van der Waals surface area (Å²) in [6.45, 7) is 0. The summed E-state index contributed by atoms with van der Waals surface area (Å²) in [6, 6.07) is 0. The van der Waals surface area contributed by atoms with Crippen molar-refractivity contribution in [3.63, 3.8) is 0 Å². The average Bonchev–Trinajstić information content (AvgIpc) is 1.89. The molecule has 0 rings (SSSR count). The third kappa shape index (κ3) is 4.97. The van der Waals surface area contributed by atoms with Gasteiger partial charge >= 0.3 is 0 Å². The molecule has 0 aromatic carbocycles. The first kappa shape index (κ1) is 26.2. The van der Waals surface area contributed by atoms with Gasteiger partial charge in [-0.15, -0.1) is 0 Å². The second-order valence-electron chi connectivity index (χ2n) is 3.33. The maximum Gasteiger partial charge on any atom is 0.237 e. The highest BCUT2D eigenvalue weighted by Crippen LogP contribution is 2.81. The van der Waals surface area contributed by atoms with E-state index in [4.69, 9.17) is 0 Å².